The molecule has 0 aromatic heterocycles. The number of anilines is 1. The lowest BCUT2D eigenvalue weighted by atomic mass is 9.91. The van der Waals surface area contributed by atoms with Gasteiger partial charge in [0.25, 0.3) is 0 Å². The molecular weight excluding hydrogens is 334 g/mol. The summed E-state index contributed by atoms with van der Waals surface area (Å²) >= 11 is 5.88. The van der Waals surface area contributed by atoms with Gasteiger partial charge in [0.15, 0.2) is 0 Å². The van der Waals surface area contributed by atoms with Crippen LogP contribution in [0.4, 0.5) is 19.3 Å². The fourth-order valence-electron chi connectivity index (χ4n) is 3.47. The Morgan fingerprint density at radius 1 is 1.25 bits per heavy atom. The molecule has 3 nitrogen and oxygen atoms in total. The minimum Gasteiger partial charge on any atom is -0.341 e. The third-order valence-electron chi connectivity index (χ3n) is 4.59. The van der Waals surface area contributed by atoms with E-state index in [1.54, 1.807) is 6.07 Å². The van der Waals surface area contributed by atoms with Crippen LogP contribution in [0.15, 0.2) is 36.4 Å². The molecule has 2 amide bonds. The van der Waals surface area contributed by atoms with E-state index >= 15 is 0 Å². The Morgan fingerprint density at radius 3 is 2.67 bits per heavy atom. The van der Waals surface area contributed by atoms with Crippen LogP contribution in [0.5, 0.6) is 0 Å². The molecule has 0 saturated carbocycles. The first-order chi connectivity index (χ1) is 11.4. The third-order valence-corrected chi connectivity index (χ3v) is 4.88. The first kappa shape index (κ1) is 16.7. The molecule has 2 aromatic carbocycles. The van der Waals surface area contributed by atoms with Crippen molar-refractivity contribution < 1.29 is 13.6 Å². The SMILES string of the molecule is CNC(=O)N(c1ccc(F)c(Cl)c1)C1(C)CCc2cccc(F)c21. The van der Waals surface area contributed by atoms with Crippen molar-refractivity contribution in [1.29, 1.82) is 0 Å². The number of fused-ring (bicyclic) bond motifs is 1. The van der Waals surface area contributed by atoms with Gasteiger partial charge in [-0.2, -0.15) is 0 Å². The lowest BCUT2D eigenvalue weighted by Crippen LogP contribution is -2.50. The van der Waals surface area contributed by atoms with E-state index in [0.717, 1.165) is 5.56 Å². The summed E-state index contributed by atoms with van der Waals surface area (Å²) in [5, 5.41) is 2.49. The van der Waals surface area contributed by atoms with Crippen LogP contribution < -0.4 is 10.2 Å². The molecule has 0 aliphatic heterocycles. The van der Waals surface area contributed by atoms with Gasteiger partial charge in [-0.3, -0.25) is 4.90 Å². The van der Waals surface area contributed by atoms with Crippen LogP contribution in [0.2, 0.25) is 5.02 Å². The number of nitrogens with one attached hydrogen (secondary N) is 1. The molecule has 0 saturated heterocycles. The zero-order valence-corrected chi connectivity index (χ0v) is 14.1. The largest absolute Gasteiger partial charge is 0.341 e. The van der Waals surface area contributed by atoms with E-state index in [1.807, 2.05) is 13.0 Å². The number of urea groups is 1. The molecule has 1 aliphatic carbocycles. The van der Waals surface area contributed by atoms with Crippen molar-refractivity contribution >= 4 is 23.3 Å². The zero-order chi connectivity index (χ0) is 17.5. The highest BCUT2D eigenvalue weighted by atomic mass is 35.5. The molecule has 1 aliphatic rings. The predicted octanol–water partition coefficient (Wildman–Crippen LogP) is 4.63. The number of nitrogens with zero attached hydrogens (tertiary/aromatic N) is 1. The quantitative estimate of drug-likeness (QED) is 0.841. The van der Waals surface area contributed by atoms with Gasteiger partial charge in [0.05, 0.1) is 10.6 Å². The summed E-state index contributed by atoms with van der Waals surface area (Å²) in [7, 11) is 1.50. The van der Waals surface area contributed by atoms with Crippen molar-refractivity contribution in [3.8, 4) is 0 Å². The van der Waals surface area contributed by atoms with Gasteiger partial charge in [-0.25, -0.2) is 13.6 Å². The van der Waals surface area contributed by atoms with Crippen LogP contribution in [0.1, 0.15) is 24.5 Å². The maximum Gasteiger partial charge on any atom is 0.322 e. The number of amides is 2. The van der Waals surface area contributed by atoms with E-state index in [2.05, 4.69) is 5.32 Å². The average Bonchev–Trinajstić information content (AvgIpc) is 2.90. The van der Waals surface area contributed by atoms with Gasteiger partial charge >= 0.3 is 6.03 Å². The zero-order valence-electron chi connectivity index (χ0n) is 13.4. The van der Waals surface area contributed by atoms with E-state index in [4.69, 9.17) is 11.6 Å². The highest BCUT2D eigenvalue weighted by Crippen LogP contribution is 2.45. The molecule has 1 N–H and O–H groups in total. The van der Waals surface area contributed by atoms with E-state index < -0.39 is 17.4 Å². The van der Waals surface area contributed by atoms with E-state index in [9.17, 15) is 13.6 Å². The first-order valence-corrected chi connectivity index (χ1v) is 8.01. The predicted molar refractivity (Wildman–Crippen MR) is 90.4 cm³/mol. The van der Waals surface area contributed by atoms with Gasteiger partial charge < -0.3 is 5.32 Å². The summed E-state index contributed by atoms with van der Waals surface area (Å²) in [4.78, 5) is 14.0. The Bertz CT molecular complexity index is 812. The third kappa shape index (κ3) is 2.53. The van der Waals surface area contributed by atoms with E-state index in [1.165, 1.54) is 36.2 Å². The molecule has 0 fully saturated rings. The lowest BCUT2D eigenvalue weighted by molar-refractivity contribution is 0.240. The smallest absolute Gasteiger partial charge is 0.322 e. The van der Waals surface area contributed by atoms with Crippen LogP contribution in [-0.4, -0.2) is 13.1 Å². The number of carbonyl (C=O) groups excluding carboxylic acids is 1. The molecule has 1 unspecified atom stereocenters. The number of aryl methyl sites for hydroxylation is 1. The summed E-state index contributed by atoms with van der Waals surface area (Å²) in [5.74, 6) is -0.921. The van der Waals surface area contributed by atoms with Crippen LogP contribution in [0.25, 0.3) is 0 Å². The van der Waals surface area contributed by atoms with Gasteiger partial charge in [0, 0.05) is 18.3 Å². The van der Waals surface area contributed by atoms with Crippen LogP contribution in [-0.2, 0) is 12.0 Å². The Kier molecular flexibility index (Phi) is 4.22. The first-order valence-electron chi connectivity index (χ1n) is 7.63. The van der Waals surface area contributed by atoms with Crippen molar-refractivity contribution in [2.24, 2.45) is 0 Å². The number of hydrogen-bond donors (Lipinski definition) is 1. The molecule has 3 rings (SSSR count). The molecule has 2 aromatic rings. The second-order valence-corrected chi connectivity index (χ2v) is 6.44. The fourth-order valence-corrected chi connectivity index (χ4v) is 3.64. The Hall–Kier alpha value is -2.14. The van der Waals surface area contributed by atoms with Crippen LogP contribution >= 0.6 is 11.6 Å². The Labute approximate surface area is 144 Å². The topological polar surface area (TPSA) is 32.3 Å². The van der Waals surface area contributed by atoms with Crippen LogP contribution in [0, 0.1) is 11.6 Å². The molecular formula is C18H17ClF2N2O. The monoisotopic (exact) mass is 350 g/mol. The van der Waals surface area contributed by atoms with Crippen LogP contribution in [0.3, 0.4) is 0 Å². The average molecular weight is 351 g/mol. The van der Waals surface area contributed by atoms with Crippen molar-refractivity contribution in [2.75, 3.05) is 11.9 Å². The lowest BCUT2D eigenvalue weighted by Gasteiger charge is -2.39. The standard InChI is InChI=1S/C18H17ClF2N2O/c1-18(9-8-11-4-3-5-15(21)16(11)18)23(17(24)22-2)12-6-7-14(20)13(19)10-12/h3-7,10H,8-9H2,1-2H3,(H,22,24). The maximum atomic E-state index is 14.5. The van der Waals surface area contributed by atoms with Gasteiger partial charge in [-0.1, -0.05) is 23.7 Å². The van der Waals surface area contributed by atoms with Crippen molar-refractivity contribution in [3.63, 3.8) is 0 Å². The van der Waals surface area contributed by atoms with Crippen molar-refractivity contribution in [1.82, 2.24) is 5.32 Å². The normalized spacial score (nSPS) is 19.0. The van der Waals surface area contributed by atoms with Gasteiger partial charge in [-0.05, 0) is 49.6 Å². The summed E-state index contributed by atoms with van der Waals surface area (Å²) in [6.07, 6.45) is 1.22. The number of halogens is 3. The molecule has 6 heteroatoms. The van der Waals surface area contributed by atoms with Crippen molar-refractivity contribution in [3.05, 3.63) is 64.2 Å². The van der Waals surface area contributed by atoms with Crippen molar-refractivity contribution in [2.45, 2.75) is 25.3 Å². The van der Waals surface area contributed by atoms with Gasteiger partial charge in [-0.15, -0.1) is 0 Å². The minimum atomic E-state index is -0.887. The van der Waals surface area contributed by atoms with Gasteiger partial charge in [0.1, 0.15) is 11.6 Å². The molecule has 126 valence electrons. The second kappa shape index (κ2) is 6.06. The summed E-state index contributed by atoms with van der Waals surface area (Å²) in [6, 6.07) is 8.58. The maximum absolute atomic E-state index is 14.5. The number of benzene rings is 2. The summed E-state index contributed by atoms with van der Waals surface area (Å²) in [5.41, 5.74) is 0.898. The number of rotatable bonds is 2. The highest BCUT2D eigenvalue weighted by molar-refractivity contribution is 6.31. The molecule has 0 heterocycles. The van der Waals surface area contributed by atoms with E-state index in [0.29, 0.717) is 24.1 Å². The molecule has 1 atom stereocenters. The number of carbonyl (C=O) groups is 1. The second-order valence-electron chi connectivity index (χ2n) is 6.04. The molecule has 0 radical (unpaired) electrons. The molecule has 0 spiro atoms. The molecule has 24 heavy (non-hydrogen) atoms. The highest BCUT2D eigenvalue weighted by Gasteiger charge is 2.44. The summed E-state index contributed by atoms with van der Waals surface area (Å²) in [6.45, 7) is 1.81. The van der Waals surface area contributed by atoms with E-state index in [-0.39, 0.29) is 10.8 Å². The molecule has 0 bridgehead atoms. The van der Waals surface area contributed by atoms with Gasteiger partial charge in [0.2, 0.25) is 0 Å². The number of hydrogen-bond acceptors (Lipinski definition) is 1. The minimum absolute atomic E-state index is 0.0863. The summed E-state index contributed by atoms with van der Waals surface area (Å²) < 4.78 is 28.0. The fraction of sp³-hybridized carbons (Fsp3) is 0.278. The Morgan fingerprint density at radius 2 is 2.00 bits per heavy atom. The Balaban J connectivity index is 2.18.